The molecule has 2 nitrogen and oxygen atoms in total. The Morgan fingerprint density at radius 2 is 0.657 bits per heavy atom. The van der Waals surface area contributed by atoms with E-state index in [0.29, 0.717) is 0 Å². The van der Waals surface area contributed by atoms with Crippen LogP contribution in [-0.4, -0.2) is 11.9 Å². The van der Waals surface area contributed by atoms with Crippen LogP contribution in [0.2, 0.25) is 0 Å². The molecule has 3 heteroatoms. The van der Waals surface area contributed by atoms with Gasteiger partial charge in [0.15, 0.2) is 0 Å². The van der Waals surface area contributed by atoms with Crippen LogP contribution in [0.1, 0.15) is 308 Å². The monoisotopic (exact) mass is 963 g/mol. The Morgan fingerprint density at radius 3 is 1.00 bits per heavy atom. The van der Waals surface area contributed by atoms with Gasteiger partial charge in [-0.05, 0) is 73.9 Å². The fourth-order valence-corrected chi connectivity index (χ4v) is 9.35. The summed E-state index contributed by atoms with van der Waals surface area (Å²) < 4.78 is 0. The molecule has 0 unspecified atom stereocenters. The van der Waals surface area contributed by atoms with E-state index in [9.17, 15) is 0 Å². The average Bonchev–Trinajstić information content (AvgIpc) is 3.33. The number of benzene rings is 2. The summed E-state index contributed by atoms with van der Waals surface area (Å²) in [6.45, 7) is 6.86. The third kappa shape index (κ3) is 41.3. The van der Waals surface area contributed by atoms with Gasteiger partial charge in [-0.1, -0.05) is 307 Å². The molecular formula is C64H108N2Ni. The van der Waals surface area contributed by atoms with Crippen molar-refractivity contribution < 1.29 is 16.5 Å². The van der Waals surface area contributed by atoms with Gasteiger partial charge in [0.1, 0.15) is 0 Å². The molecule has 0 aliphatic rings. The molecule has 384 valence electrons. The molecule has 0 N–H and O–H groups in total. The second kappa shape index (κ2) is 50.2. The topological polar surface area (TPSA) is 24.7 Å². The third-order valence-electron chi connectivity index (χ3n) is 13.7. The summed E-state index contributed by atoms with van der Waals surface area (Å²) in [5, 5.41) is 0. The molecule has 2 rings (SSSR count). The molecule has 0 aliphatic carbocycles. The van der Waals surface area contributed by atoms with E-state index >= 15 is 0 Å². The fraction of sp³-hybridized carbons (Fsp3) is 0.719. The zero-order valence-corrected chi connectivity index (χ0v) is 45.6. The zero-order chi connectivity index (χ0) is 46.9. The van der Waals surface area contributed by atoms with Crippen LogP contribution in [0.5, 0.6) is 0 Å². The van der Waals surface area contributed by atoms with Crippen molar-refractivity contribution in [3.8, 4) is 0 Å². The Kier molecular flexibility index (Phi) is 47.0. The Bertz CT molecular complexity index is 1450. The molecule has 0 aliphatic heterocycles. The minimum Gasteiger partial charge on any atom is -0.255 e. The number of unbranched alkanes of at least 4 members (excludes halogenated alkanes) is 39. The molecule has 2 aromatic carbocycles. The molecule has 67 heavy (non-hydrogen) atoms. The summed E-state index contributed by atoms with van der Waals surface area (Å²) in [5.74, 6) is 0. The Balaban J connectivity index is 0.0000224. The Labute approximate surface area is 428 Å². The maximum absolute atomic E-state index is 5.09. The van der Waals surface area contributed by atoms with Crippen LogP contribution in [0.3, 0.4) is 0 Å². The largest absolute Gasteiger partial charge is 0.255 e. The van der Waals surface area contributed by atoms with E-state index in [2.05, 4.69) is 93.6 Å². The first-order valence-corrected chi connectivity index (χ1v) is 29.4. The van der Waals surface area contributed by atoms with E-state index in [-0.39, 0.29) is 16.5 Å². The SMILES string of the molecule is CCCCCCCCCCCCCCCCCCCCCC=Cc1cccc(N=CC(CCCC)=Nc2cccc(C=CCCCCCCCCCCCCCCCCCCCCC)c2)c1.[Ni]. The second-order valence-electron chi connectivity index (χ2n) is 20.3. The number of hydrogen-bond acceptors (Lipinski definition) is 2. The first kappa shape index (κ1) is 62.8. The molecule has 0 fully saturated rings. The van der Waals surface area contributed by atoms with Crippen molar-refractivity contribution in [1.29, 1.82) is 0 Å². The van der Waals surface area contributed by atoms with Crippen LogP contribution in [-0.2, 0) is 16.5 Å². The van der Waals surface area contributed by atoms with Crippen LogP contribution >= 0.6 is 0 Å². The summed E-state index contributed by atoms with van der Waals surface area (Å²) in [5.41, 5.74) is 5.54. The molecule has 0 bridgehead atoms. The van der Waals surface area contributed by atoms with E-state index in [4.69, 9.17) is 9.98 Å². The van der Waals surface area contributed by atoms with Crippen molar-refractivity contribution in [2.45, 2.75) is 297 Å². The van der Waals surface area contributed by atoms with Crippen LogP contribution in [0, 0.1) is 0 Å². The van der Waals surface area contributed by atoms with Gasteiger partial charge in [0.2, 0.25) is 0 Å². The van der Waals surface area contributed by atoms with Gasteiger partial charge in [-0.2, -0.15) is 0 Å². The van der Waals surface area contributed by atoms with Crippen LogP contribution in [0.25, 0.3) is 12.2 Å². The van der Waals surface area contributed by atoms with Crippen LogP contribution in [0.4, 0.5) is 11.4 Å². The molecule has 0 radical (unpaired) electrons. The summed E-state index contributed by atoms with van der Waals surface area (Å²) in [6.07, 6.45) is 71.1. The molecule has 0 amide bonds. The quantitative estimate of drug-likeness (QED) is 0.0359. The van der Waals surface area contributed by atoms with Gasteiger partial charge < -0.3 is 0 Å². The van der Waals surface area contributed by atoms with Gasteiger partial charge in [0.05, 0.1) is 17.1 Å². The Hall–Kier alpha value is -2.25. The first-order chi connectivity index (χ1) is 32.7. The predicted octanol–water partition coefficient (Wildman–Crippen LogP) is 23.0. The molecule has 2 aromatic rings. The van der Waals surface area contributed by atoms with E-state index in [1.54, 1.807) is 0 Å². The molecule has 0 atom stereocenters. The first-order valence-electron chi connectivity index (χ1n) is 29.4. The molecular weight excluding hydrogens is 855 g/mol. The predicted molar refractivity (Wildman–Crippen MR) is 302 cm³/mol. The van der Waals surface area contributed by atoms with E-state index in [1.807, 2.05) is 6.21 Å². The van der Waals surface area contributed by atoms with Gasteiger partial charge in [-0.3, -0.25) is 9.98 Å². The number of hydrogen-bond donors (Lipinski definition) is 0. The number of nitrogens with zero attached hydrogens (tertiary/aromatic N) is 2. The van der Waals surface area contributed by atoms with Gasteiger partial charge in [-0.25, -0.2) is 0 Å². The standard InChI is InChI=1S/C64H108N2.Ni/c1-4-7-10-12-14-16-18-20-22-24-26-28-30-32-34-36-38-40-42-44-46-50-60-52-48-55-62(57-60)65-59-64(54-9-6-3)66-63-56-49-53-61(58-63)51-47-45-43-41-39-37-35-33-31-29-27-25-23-21-19-17-15-13-11-8-5-2;/h46-53,55-59H,4-45,54H2,1-3H3;. The van der Waals surface area contributed by atoms with Crippen molar-refractivity contribution >= 4 is 35.5 Å². The number of aliphatic imine (C=N–C) groups is 2. The smallest absolute Gasteiger partial charge is 0.0639 e. The van der Waals surface area contributed by atoms with Crippen LogP contribution in [0.15, 0.2) is 70.7 Å². The maximum atomic E-state index is 5.09. The number of allylic oxidation sites excluding steroid dienone is 2. The van der Waals surface area contributed by atoms with Crippen molar-refractivity contribution in [2.75, 3.05) is 0 Å². The van der Waals surface area contributed by atoms with Crippen molar-refractivity contribution in [3.63, 3.8) is 0 Å². The van der Waals surface area contributed by atoms with Gasteiger partial charge in [0, 0.05) is 22.7 Å². The van der Waals surface area contributed by atoms with E-state index in [0.717, 1.165) is 49.2 Å². The third-order valence-corrected chi connectivity index (χ3v) is 13.7. The summed E-state index contributed by atoms with van der Waals surface area (Å²) in [6, 6.07) is 17.3. The van der Waals surface area contributed by atoms with Crippen molar-refractivity contribution in [1.82, 2.24) is 0 Å². The second-order valence-corrected chi connectivity index (χ2v) is 20.3. The molecule has 0 spiro atoms. The van der Waals surface area contributed by atoms with Gasteiger partial charge in [0.25, 0.3) is 0 Å². The molecule has 0 saturated heterocycles. The van der Waals surface area contributed by atoms with E-state index in [1.165, 1.54) is 255 Å². The minimum atomic E-state index is 0. The summed E-state index contributed by atoms with van der Waals surface area (Å²) >= 11 is 0. The number of rotatable bonds is 48. The van der Waals surface area contributed by atoms with Crippen molar-refractivity contribution in [2.24, 2.45) is 9.98 Å². The molecule has 0 heterocycles. The molecule has 0 aromatic heterocycles. The normalized spacial score (nSPS) is 12.1. The molecule has 0 saturated carbocycles. The van der Waals surface area contributed by atoms with Crippen molar-refractivity contribution in [3.05, 3.63) is 71.8 Å². The maximum Gasteiger partial charge on any atom is 0.0639 e. The van der Waals surface area contributed by atoms with Gasteiger partial charge in [-0.15, -0.1) is 0 Å². The zero-order valence-electron chi connectivity index (χ0n) is 44.6. The van der Waals surface area contributed by atoms with Gasteiger partial charge >= 0.3 is 0 Å². The fourth-order valence-electron chi connectivity index (χ4n) is 9.35. The average molecular weight is 964 g/mol. The Morgan fingerprint density at radius 1 is 0.358 bits per heavy atom. The minimum absolute atomic E-state index is 0. The summed E-state index contributed by atoms with van der Waals surface area (Å²) in [7, 11) is 0. The van der Waals surface area contributed by atoms with Crippen LogP contribution < -0.4 is 0 Å². The summed E-state index contributed by atoms with van der Waals surface area (Å²) in [4.78, 5) is 9.99. The van der Waals surface area contributed by atoms with E-state index < -0.39 is 0 Å².